The molecule has 22 heavy (non-hydrogen) atoms. The molecule has 0 aliphatic carbocycles. The fourth-order valence-corrected chi connectivity index (χ4v) is 2.81. The highest BCUT2D eigenvalue weighted by molar-refractivity contribution is 8.18. The Balaban J connectivity index is 1.82. The summed E-state index contributed by atoms with van der Waals surface area (Å²) in [5, 5.41) is 3.24. The molecule has 1 N–H and O–H groups in total. The monoisotopic (exact) mass is 312 g/mol. The van der Waals surface area contributed by atoms with Gasteiger partial charge in [-0.25, -0.2) is 9.38 Å². The van der Waals surface area contributed by atoms with Crippen molar-refractivity contribution < 1.29 is 9.18 Å². The van der Waals surface area contributed by atoms with Gasteiger partial charge in [-0.3, -0.25) is 4.79 Å². The summed E-state index contributed by atoms with van der Waals surface area (Å²) in [6, 6.07) is 13.8. The molecule has 0 atom stereocenters. The molecule has 1 saturated heterocycles. The van der Waals surface area contributed by atoms with Gasteiger partial charge in [0.2, 0.25) is 0 Å². The van der Waals surface area contributed by atoms with Crippen molar-refractivity contribution in [2.75, 3.05) is 0 Å². The molecule has 1 heterocycles. The van der Waals surface area contributed by atoms with Gasteiger partial charge in [0.1, 0.15) is 5.82 Å². The van der Waals surface area contributed by atoms with Crippen molar-refractivity contribution in [1.82, 2.24) is 5.32 Å². The smallest absolute Gasteiger partial charge is 0.264 e. The molecule has 0 bridgehead atoms. The van der Waals surface area contributed by atoms with Crippen LogP contribution in [0.1, 0.15) is 11.1 Å². The predicted molar refractivity (Wildman–Crippen MR) is 88.4 cm³/mol. The fourth-order valence-electron chi connectivity index (χ4n) is 1.96. The standard InChI is InChI=1S/C17H13FN2OS/c1-11-5-7-14(8-6-11)19-17-20-16(21)15(22-17)10-12-3-2-4-13(18)9-12/h2-10H,1H3,(H,19,20,21)/b15-10+. The molecule has 2 aromatic carbocycles. The maximum Gasteiger partial charge on any atom is 0.264 e. The second-order valence-electron chi connectivity index (χ2n) is 4.87. The number of nitrogens with zero attached hydrogens (tertiary/aromatic N) is 1. The third-order valence-corrected chi connectivity index (χ3v) is 3.97. The van der Waals surface area contributed by atoms with Gasteiger partial charge in [0.05, 0.1) is 10.6 Å². The number of aliphatic imine (C=N–C) groups is 1. The van der Waals surface area contributed by atoms with Crippen LogP contribution in [-0.2, 0) is 4.79 Å². The van der Waals surface area contributed by atoms with Gasteiger partial charge in [-0.2, -0.15) is 0 Å². The van der Waals surface area contributed by atoms with Crippen molar-refractivity contribution in [3.05, 3.63) is 70.4 Å². The Morgan fingerprint density at radius 2 is 1.95 bits per heavy atom. The van der Waals surface area contributed by atoms with E-state index in [1.807, 2.05) is 31.2 Å². The number of hydrogen-bond donors (Lipinski definition) is 1. The molecule has 1 aliphatic heterocycles. The van der Waals surface area contributed by atoms with Crippen LogP contribution in [0, 0.1) is 12.7 Å². The molecule has 3 rings (SSSR count). The molecule has 5 heteroatoms. The van der Waals surface area contributed by atoms with Crippen molar-refractivity contribution in [2.24, 2.45) is 4.99 Å². The number of carbonyl (C=O) groups excluding carboxylic acids is 1. The summed E-state index contributed by atoms with van der Waals surface area (Å²) in [6.45, 7) is 2.00. The highest BCUT2D eigenvalue weighted by Crippen LogP contribution is 2.28. The van der Waals surface area contributed by atoms with Crippen molar-refractivity contribution in [3.8, 4) is 0 Å². The Kier molecular flexibility index (Phi) is 4.06. The molecule has 0 spiro atoms. The number of rotatable bonds is 2. The molecular weight excluding hydrogens is 299 g/mol. The quantitative estimate of drug-likeness (QED) is 0.851. The van der Waals surface area contributed by atoms with Crippen molar-refractivity contribution in [2.45, 2.75) is 6.92 Å². The molecule has 2 aromatic rings. The lowest BCUT2D eigenvalue weighted by Gasteiger charge is -1.97. The molecule has 110 valence electrons. The van der Waals surface area contributed by atoms with Gasteiger partial charge in [-0.05, 0) is 54.6 Å². The van der Waals surface area contributed by atoms with Gasteiger partial charge in [0.25, 0.3) is 5.91 Å². The zero-order chi connectivity index (χ0) is 15.5. The topological polar surface area (TPSA) is 41.5 Å². The largest absolute Gasteiger partial charge is 0.300 e. The number of hydrogen-bond acceptors (Lipinski definition) is 3. The number of thioether (sulfide) groups is 1. The second-order valence-corrected chi connectivity index (χ2v) is 5.90. The minimum Gasteiger partial charge on any atom is -0.300 e. The average molecular weight is 312 g/mol. The zero-order valence-electron chi connectivity index (χ0n) is 11.8. The van der Waals surface area contributed by atoms with E-state index in [1.165, 1.54) is 23.9 Å². The lowest BCUT2D eigenvalue weighted by molar-refractivity contribution is -0.115. The number of benzene rings is 2. The van der Waals surface area contributed by atoms with Crippen molar-refractivity contribution >= 4 is 34.6 Å². The van der Waals surface area contributed by atoms with Crippen LogP contribution in [0.3, 0.4) is 0 Å². The lowest BCUT2D eigenvalue weighted by atomic mass is 10.2. The normalized spacial score (nSPS) is 18.0. The van der Waals surface area contributed by atoms with Gasteiger partial charge in [-0.15, -0.1) is 0 Å². The average Bonchev–Trinajstić information content (AvgIpc) is 2.81. The highest BCUT2D eigenvalue weighted by atomic mass is 32.2. The minimum atomic E-state index is -0.327. The van der Waals surface area contributed by atoms with Crippen molar-refractivity contribution in [1.29, 1.82) is 0 Å². The third-order valence-electron chi connectivity index (χ3n) is 3.06. The zero-order valence-corrected chi connectivity index (χ0v) is 12.7. The summed E-state index contributed by atoms with van der Waals surface area (Å²) in [5.41, 5.74) is 2.58. The number of amidine groups is 1. The van der Waals surface area contributed by atoms with Crippen LogP contribution in [0.25, 0.3) is 6.08 Å². The number of nitrogens with one attached hydrogen (secondary N) is 1. The van der Waals surface area contributed by atoms with E-state index in [2.05, 4.69) is 10.3 Å². The number of halogens is 1. The van der Waals surface area contributed by atoms with Crippen LogP contribution < -0.4 is 5.32 Å². The molecule has 3 nitrogen and oxygen atoms in total. The molecule has 0 aromatic heterocycles. The molecule has 0 saturated carbocycles. The first-order valence-corrected chi connectivity index (χ1v) is 7.54. The summed E-state index contributed by atoms with van der Waals surface area (Å²) in [6.07, 6.45) is 1.65. The predicted octanol–water partition coefficient (Wildman–Crippen LogP) is 4.03. The van der Waals surface area contributed by atoms with Crippen LogP contribution in [0.2, 0.25) is 0 Å². The molecule has 1 aliphatic rings. The number of amides is 1. The molecule has 0 unspecified atom stereocenters. The second kappa shape index (κ2) is 6.15. The van der Waals surface area contributed by atoms with Gasteiger partial charge < -0.3 is 5.32 Å². The fraction of sp³-hybridized carbons (Fsp3) is 0.0588. The third kappa shape index (κ3) is 3.43. The van der Waals surface area contributed by atoms with E-state index in [-0.39, 0.29) is 11.7 Å². The van der Waals surface area contributed by atoms with E-state index in [1.54, 1.807) is 18.2 Å². The van der Waals surface area contributed by atoms with E-state index < -0.39 is 0 Å². The van der Waals surface area contributed by atoms with Crippen LogP contribution in [0.5, 0.6) is 0 Å². The van der Waals surface area contributed by atoms with E-state index in [9.17, 15) is 9.18 Å². The lowest BCUT2D eigenvalue weighted by Crippen LogP contribution is -2.19. The minimum absolute atomic E-state index is 0.222. The highest BCUT2D eigenvalue weighted by Gasteiger charge is 2.23. The van der Waals surface area contributed by atoms with Gasteiger partial charge >= 0.3 is 0 Å². The molecule has 1 fully saturated rings. The first-order chi connectivity index (χ1) is 10.6. The first-order valence-electron chi connectivity index (χ1n) is 6.72. The summed E-state index contributed by atoms with van der Waals surface area (Å²) < 4.78 is 13.2. The Bertz CT molecular complexity index is 782. The molecule has 0 radical (unpaired) electrons. The summed E-state index contributed by atoms with van der Waals surface area (Å²) in [4.78, 5) is 16.8. The Labute approximate surface area is 132 Å². The van der Waals surface area contributed by atoms with Crippen LogP contribution >= 0.6 is 11.8 Å². The summed E-state index contributed by atoms with van der Waals surface area (Å²) in [7, 11) is 0. The van der Waals surface area contributed by atoms with Crippen molar-refractivity contribution in [3.63, 3.8) is 0 Å². The van der Waals surface area contributed by atoms with Gasteiger partial charge in [0.15, 0.2) is 5.17 Å². The van der Waals surface area contributed by atoms with Crippen LogP contribution in [-0.4, -0.2) is 11.1 Å². The van der Waals surface area contributed by atoms with E-state index in [0.29, 0.717) is 15.6 Å². The van der Waals surface area contributed by atoms with Gasteiger partial charge in [0, 0.05) is 0 Å². The number of aryl methyl sites for hydroxylation is 1. The SMILES string of the molecule is Cc1ccc(N=C2NC(=O)/C(=C\c3cccc(F)c3)S2)cc1. The van der Waals surface area contributed by atoms with E-state index >= 15 is 0 Å². The van der Waals surface area contributed by atoms with Crippen LogP contribution in [0.15, 0.2) is 58.4 Å². The van der Waals surface area contributed by atoms with E-state index in [0.717, 1.165) is 11.3 Å². The maximum atomic E-state index is 13.2. The Morgan fingerprint density at radius 1 is 1.18 bits per heavy atom. The molecule has 1 amide bonds. The summed E-state index contributed by atoms with van der Waals surface area (Å²) >= 11 is 1.25. The number of carbonyl (C=O) groups is 1. The molecular formula is C17H13FN2OS. The maximum absolute atomic E-state index is 13.2. The summed E-state index contributed by atoms with van der Waals surface area (Å²) in [5.74, 6) is -0.550. The van der Waals surface area contributed by atoms with E-state index in [4.69, 9.17) is 0 Å². The Morgan fingerprint density at radius 3 is 2.68 bits per heavy atom. The Hall–Kier alpha value is -2.40. The van der Waals surface area contributed by atoms with Crippen LogP contribution in [0.4, 0.5) is 10.1 Å². The van der Waals surface area contributed by atoms with Gasteiger partial charge in [-0.1, -0.05) is 29.8 Å². The first kappa shape index (κ1) is 14.5.